The molecule has 7 heteroatoms. The molecular formula is C12H16N2O5. The zero-order valence-electron chi connectivity index (χ0n) is 10.9. The number of nitrogens with one attached hydrogen (secondary N) is 1. The van der Waals surface area contributed by atoms with Gasteiger partial charge in [-0.25, -0.2) is 14.6 Å². The van der Waals surface area contributed by atoms with E-state index in [1.54, 1.807) is 20.8 Å². The molecule has 0 spiro atoms. The number of aliphatic hydroxyl groups is 1. The average Bonchev–Trinajstić information content (AvgIpc) is 2.25. The fourth-order valence-electron chi connectivity index (χ4n) is 1.27. The van der Waals surface area contributed by atoms with Crippen molar-refractivity contribution in [2.24, 2.45) is 0 Å². The van der Waals surface area contributed by atoms with Gasteiger partial charge in [-0.05, 0) is 32.4 Å². The van der Waals surface area contributed by atoms with Gasteiger partial charge >= 0.3 is 12.1 Å². The summed E-state index contributed by atoms with van der Waals surface area (Å²) in [6.07, 6.45) is 0.441. The number of aromatic nitrogens is 1. The third-order valence-electron chi connectivity index (χ3n) is 1.97. The highest BCUT2D eigenvalue weighted by molar-refractivity contribution is 5.97. The van der Waals surface area contributed by atoms with Gasteiger partial charge in [0.15, 0.2) is 5.69 Å². The molecule has 0 saturated heterocycles. The molecule has 0 aliphatic rings. The van der Waals surface area contributed by atoms with Gasteiger partial charge in [0.1, 0.15) is 5.60 Å². The van der Waals surface area contributed by atoms with Crippen molar-refractivity contribution in [1.29, 1.82) is 0 Å². The van der Waals surface area contributed by atoms with Crippen molar-refractivity contribution in [3.05, 3.63) is 23.5 Å². The van der Waals surface area contributed by atoms with Gasteiger partial charge in [-0.15, -0.1) is 0 Å². The van der Waals surface area contributed by atoms with E-state index in [1.165, 1.54) is 12.3 Å². The number of carbonyl (C=O) groups excluding carboxylic acids is 1. The van der Waals surface area contributed by atoms with E-state index < -0.39 is 17.7 Å². The Kier molecular flexibility index (Phi) is 4.44. The van der Waals surface area contributed by atoms with E-state index in [0.717, 1.165) is 0 Å². The third kappa shape index (κ3) is 4.55. The van der Waals surface area contributed by atoms with Crippen molar-refractivity contribution in [2.45, 2.75) is 33.0 Å². The van der Waals surface area contributed by atoms with Crippen molar-refractivity contribution in [3.8, 4) is 0 Å². The molecular weight excluding hydrogens is 252 g/mol. The second kappa shape index (κ2) is 5.66. The Balaban J connectivity index is 2.98. The zero-order chi connectivity index (χ0) is 14.6. The lowest BCUT2D eigenvalue weighted by Gasteiger charge is -2.20. The predicted octanol–water partition coefficient (Wildman–Crippen LogP) is 1.62. The molecule has 1 aromatic heterocycles. The lowest BCUT2D eigenvalue weighted by atomic mass is 10.2. The normalized spacial score (nSPS) is 10.9. The molecule has 104 valence electrons. The predicted molar refractivity (Wildman–Crippen MR) is 67.0 cm³/mol. The van der Waals surface area contributed by atoms with Crippen molar-refractivity contribution < 1.29 is 24.5 Å². The summed E-state index contributed by atoms with van der Waals surface area (Å²) in [6, 6.07) is 1.33. The molecule has 0 radical (unpaired) electrons. The maximum absolute atomic E-state index is 11.6. The molecule has 0 unspecified atom stereocenters. The molecule has 0 aliphatic heterocycles. The highest BCUT2D eigenvalue weighted by Gasteiger charge is 2.19. The maximum atomic E-state index is 11.6. The van der Waals surface area contributed by atoms with E-state index in [2.05, 4.69) is 10.3 Å². The molecule has 7 nitrogen and oxygen atoms in total. The summed E-state index contributed by atoms with van der Waals surface area (Å²) in [4.78, 5) is 26.2. The van der Waals surface area contributed by atoms with Gasteiger partial charge < -0.3 is 14.9 Å². The Morgan fingerprint density at radius 2 is 2.05 bits per heavy atom. The number of nitrogens with zero attached hydrogens (tertiary/aromatic N) is 1. The summed E-state index contributed by atoms with van der Waals surface area (Å²) in [6.45, 7) is 4.75. The van der Waals surface area contributed by atoms with Crippen molar-refractivity contribution in [3.63, 3.8) is 0 Å². The van der Waals surface area contributed by atoms with Crippen LogP contribution >= 0.6 is 0 Å². The lowest BCUT2D eigenvalue weighted by molar-refractivity contribution is 0.0636. The number of amides is 1. The van der Waals surface area contributed by atoms with Crippen LogP contribution in [0.1, 0.15) is 36.8 Å². The van der Waals surface area contributed by atoms with E-state index in [1.807, 2.05) is 0 Å². The largest absolute Gasteiger partial charge is 0.476 e. The topological polar surface area (TPSA) is 109 Å². The Morgan fingerprint density at radius 3 is 2.53 bits per heavy atom. The van der Waals surface area contributed by atoms with E-state index in [9.17, 15) is 9.59 Å². The van der Waals surface area contributed by atoms with Gasteiger partial charge in [0, 0.05) is 6.20 Å². The molecule has 19 heavy (non-hydrogen) atoms. The van der Waals surface area contributed by atoms with Gasteiger partial charge in [0.2, 0.25) is 0 Å². The first kappa shape index (κ1) is 14.9. The van der Waals surface area contributed by atoms with Gasteiger partial charge in [-0.3, -0.25) is 5.32 Å². The minimum Gasteiger partial charge on any atom is -0.476 e. The Labute approximate surface area is 110 Å². The van der Waals surface area contributed by atoms with E-state index in [4.69, 9.17) is 14.9 Å². The highest BCUT2D eigenvalue weighted by atomic mass is 16.6. The smallest absolute Gasteiger partial charge is 0.412 e. The number of rotatable bonds is 3. The van der Waals surface area contributed by atoms with E-state index >= 15 is 0 Å². The number of anilines is 1. The Hall–Kier alpha value is -2.15. The fraction of sp³-hybridized carbons (Fsp3) is 0.417. The number of carboxylic acid groups (broad SMARTS) is 1. The summed E-state index contributed by atoms with van der Waals surface area (Å²) in [7, 11) is 0. The van der Waals surface area contributed by atoms with Crippen molar-refractivity contribution in [1.82, 2.24) is 4.98 Å². The molecule has 0 atom stereocenters. The van der Waals surface area contributed by atoms with Gasteiger partial charge in [0.25, 0.3) is 0 Å². The molecule has 0 fully saturated rings. The van der Waals surface area contributed by atoms with Crippen LogP contribution in [0, 0.1) is 0 Å². The maximum Gasteiger partial charge on any atom is 0.412 e. The lowest BCUT2D eigenvalue weighted by Crippen LogP contribution is -2.28. The number of hydrogen-bond acceptors (Lipinski definition) is 5. The van der Waals surface area contributed by atoms with Gasteiger partial charge in [0.05, 0.1) is 12.3 Å². The van der Waals surface area contributed by atoms with Gasteiger partial charge in [-0.2, -0.15) is 0 Å². The molecule has 1 amide bonds. The average molecular weight is 268 g/mol. The van der Waals surface area contributed by atoms with Crippen LogP contribution in [0.15, 0.2) is 12.3 Å². The second-order valence-electron chi connectivity index (χ2n) is 4.83. The van der Waals surface area contributed by atoms with Crippen LogP contribution < -0.4 is 5.32 Å². The zero-order valence-corrected chi connectivity index (χ0v) is 10.9. The number of carbonyl (C=O) groups is 2. The summed E-state index contributed by atoms with van der Waals surface area (Å²) >= 11 is 0. The first-order valence-corrected chi connectivity index (χ1v) is 5.56. The van der Waals surface area contributed by atoms with E-state index in [0.29, 0.717) is 5.56 Å². The molecule has 0 aliphatic carbocycles. The van der Waals surface area contributed by atoms with Crippen LogP contribution in [0.2, 0.25) is 0 Å². The first-order chi connectivity index (χ1) is 8.73. The molecule has 0 bridgehead atoms. The number of aromatic carboxylic acids is 1. The van der Waals surface area contributed by atoms with Crippen molar-refractivity contribution >= 4 is 17.7 Å². The summed E-state index contributed by atoms with van der Waals surface area (Å²) in [5.74, 6) is -1.28. The minimum absolute atomic E-state index is 0.0201. The van der Waals surface area contributed by atoms with Crippen molar-refractivity contribution in [2.75, 3.05) is 5.32 Å². The fourth-order valence-corrected chi connectivity index (χ4v) is 1.27. The number of ether oxygens (including phenoxy) is 1. The minimum atomic E-state index is -1.28. The Bertz CT molecular complexity index is 493. The summed E-state index contributed by atoms with van der Waals surface area (Å²) in [5.41, 5.74) is -0.650. The first-order valence-electron chi connectivity index (χ1n) is 5.56. The number of pyridine rings is 1. The highest BCUT2D eigenvalue weighted by Crippen LogP contribution is 2.17. The molecule has 3 N–H and O–H groups in total. The number of carboxylic acids is 1. The summed E-state index contributed by atoms with van der Waals surface area (Å²) in [5, 5.41) is 20.2. The quantitative estimate of drug-likeness (QED) is 0.768. The second-order valence-corrected chi connectivity index (χ2v) is 4.83. The van der Waals surface area contributed by atoms with Crippen LogP contribution in [0.5, 0.6) is 0 Å². The number of hydrogen-bond donors (Lipinski definition) is 3. The SMILES string of the molecule is CC(C)(C)OC(=O)Nc1cc(CO)cnc1C(=O)O. The van der Waals surface area contributed by atoms with Crippen LogP contribution in [-0.4, -0.2) is 32.9 Å². The molecule has 1 rings (SSSR count). The summed E-state index contributed by atoms with van der Waals surface area (Å²) < 4.78 is 5.02. The van der Waals surface area contributed by atoms with Crippen LogP contribution in [0.25, 0.3) is 0 Å². The third-order valence-corrected chi connectivity index (χ3v) is 1.97. The van der Waals surface area contributed by atoms with Crippen LogP contribution in [-0.2, 0) is 11.3 Å². The standard InChI is InChI=1S/C12H16N2O5/c1-12(2,3)19-11(18)14-8-4-7(6-15)5-13-9(8)10(16)17/h4-5,15H,6H2,1-3H3,(H,14,18)(H,16,17). The Morgan fingerprint density at radius 1 is 1.42 bits per heavy atom. The van der Waals surface area contributed by atoms with Crippen LogP contribution in [0.4, 0.5) is 10.5 Å². The molecule has 1 aromatic rings. The van der Waals surface area contributed by atoms with E-state index in [-0.39, 0.29) is 18.0 Å². The molecule has 1 heterocycles. The van der Waals surface area contributed by atoms with Crippen LogP contribution in [0.3, 0.4) is 0 Å². The number of aliphatic hydroxyl groups excluding tert-OH is 1. The van der Waals surface area contributed by atoms with Gasteiger partial charge in [-0.1, -0.05) is 0 Å². The molecule has 0 aromatic carbocycles. The monoisotopic (exact) mass is 268 g/mol. The molecule has 0 saturated carbocycles.